The van der Waals surface area contributed by atoms with Crippen LogP contribution in [-0.2, 0) is 10.8 Å². The van der Waals surface area contributed by atoms with Gasteiger partial charge in [0.05, 0.1) is 4.90 Å². The summed E-state index contributed by atoms with van der Waals surface area (Å²) < 4.78 is 19.3. The number of allylic oxidation sites excluding steroid dienone is 1. The molecule has 6 heteroatoms. The Hall–Kier alpha value is -2.70. The van der Waals surface area contributed by atoms with E-state index in [1.807, 2.05) is 31.2 Å². The van der Waals surface area contributed by atoms with Crippen molar-refractivity contribution in [2.24, 2.45) is 0 Å². The monoisotopic (exact) mass is 409 g/mol. The summed E-state index contributed by atoms with van der Waals surface area (Å²) in [5.74, 6) is 0.649. The first-order valence-corrected chi connectivity index (χ1v) is 10.9. The van der Waals surface area contributed by atoms with Crippen LogP contribution < -0.4 is 15.8 Å². The first-order chi connectivity index (χ1) is 14.0. The van der Waals surface area contributed by atoms with E-state index >= 15 is 0 Å². The second-order valence-corrected chi connectivity index (χ2v) is 8.26. The van der Waals surface area contributed by atoms with Crippen molar-refractivity contribution in [3.63, 3.8) is 0 Å². The lowest BCUT2D eigenvalue weighted by atomic mass is 10.1. The summed E-state index contributed by atoms with van der Waals surface area (Å²) in [4.78, 5) is 0.564. The normalized spacial score (nSPS) is 15.9. The van der Waals surface area contributed by atoms with E-state index in [4.69, 9.17) is 15.9 Å². The third-order valence-corrected chi connectivity index (χ3v) is 6.24. The highest BCUT2D eigenvalue weighted by Crippen LogP contribution is 2.27. The van der Waals surface area contributed by atoms with Crippen LogP contribution >= 0.6 is 0 Å². The lowest BCUT2D eigenvalue weighted by Gasteiger charge is -2.24. The molecule has 0 aliphatic carbocycles. The molecule has 2 aromatic rings. The Kier molecular flexibility index (Phi) is 7.01. The summed E-state index contributed by atoms with van der Waals surface area (Å²) in [7, 11) is -1.69. The second-order valence-electron chi connectivity index (χ2n) is 6.88. The molecule has 1 aliphatic rings. The standard InChI is InChI=1S/C23H27N3O2S/c1-3-6-19-16(4-2)7-5-8-22(19)29(27)23(25)20-15-18(9-10-21(20)24)28-17-11-13-26-14-12-17/h3-10,15,17,25-26H,2,11-14,24H2,1H3/b6-3-,25-23?. The van der Waals surface area contributed by atoms with Gasteiger partial charge in [0.15, 0.2) is 0 Å². The van der Waals surface area contributed by atoms with E-state index in [2.05, 4.69) is 11.9 Å². The lowest BCUT2D eigenvalue weighted by molar-refractivity contribution is 0.162. The highest BCUT2D eigenvalue weighted by Gasteiger charge is 2.20. The maximum Gasteiger partial charge on any atom is 0.133 e. The van der Waals surface area contributed by atoms with Crippen molar-refractivity contribution in [2.45, 2.75) is 30.8 Å². The molecule has 152 valence electrons. The average molecular weight is 410 g/mol. The second kappa shape index (κ2) is 9.67. The SMILES string of the molecule is C=Cc1cccc(S(=O)C(=N)c2cc(OC3CCNCC3)ccc2N)c1/C=C\C. The van der Waals surface area contributed by atoms with E-state index < -0.39 is 10.8 Å². The average Bonchev–Trinajstić information content (AvgIpc) is 2.75. The zero-order chi connectivity index (χ0) is 20.8. The van der Waals surface area contributed by atoms with Crippen LogP contribution in [0.4, 0.5) is 5.69 Å². The number of piperidine rings is 1. The molecule has 3 rings (SSSR count). The third-order valence-electron chi connectivity index (χ3n) is 4.90. The molecule has 0 amide bonds. The molecule has 0 spiro atoms. The van der Waals surface area contributed by atoms with Crippen LogP contribution in [0.2, 0.25) is 0 Å². The molecule has 1 heterocycles. The maximum absolute atomic E-state index is 13.3. The minimum Gasteiger partial charge on any atom is -0.490 e. The summed E-state index contributed by atoms with van der Waals surface area (Å²) in [5, 5.41) is 11.9. The van der Waals surface area contributed by atoms with Gasteiger partial charge in [0.1, 0.15) is 27.7 Å². The van der Waals surface area contributed by atoms with Crippen molar-refractivity contribution in [1.82, 2.24) is 5.32 Å². The zero-order valence-corrected chi connectivity index (χ0v) is 17.4. The van der Waals surface area contributed by atoms with Gasteiger partial charge in [0.2, 0.25) is 0 Å². The van der Waals surface area contributed by atoms with Crippen LogP contribution in [0.1, 0.15) is 36.5 Å². The fourth-order valence-corrected chi connectivity index (χ4v) is 4.55. The van der Waals surface area contributed by atoms with Gasteiger partial charge < -0.3 is 15.8 Å². The Morgan fingerprint density at radius 2 is 2.07 bits per heavy atom. The van der Waals surface area contributed by atoms with Gasteiger partial charge in [-0.3, -0.25) is 5.41 Å². The number of anilines is 1. The van der Waals surface area contributed by atoms with E-state index in [0.29, 0.717) is 21.9 Å². The van der Waals surface area contributed by atoms with Crippen LogP contribution in [0, 0.1) is 5.41 Å². The molecule has 1 unspecified atom stereocenters. The Balaban J connectivity index is 1.91. The highest BCUT2D eigenvalue weighted by atomic mass is 32.2. The molecule has 29 heavy (non-hydrogen) atoms. The van der Waals surface area contributed by atoms with E-state index in [9.17, 15) is 4.21 Å². The van der Waals surface area contributed by atoms with Gasteiger partial charge in [0.25, 0.3) is 0 Å². The molecule has 5 nitrogen and oxygen atoms in total. The Bertz CT molecular complexity index is 963. The van der Waals surface area contributed by atoms with Gasteiger partial charge in [-0.25, -0.2) is 4.21 Å². The van der Waals surface area contributed by atoms with Gasteiger partial charge in [0, 0.05) is 11.3 Å². The van der Waals surface area contributed by atoms with Gasteiger partial charge in [-0.15, -0.1) is 0 Å². The molecular weight excluding hydrogens is 382 g/mol. The fourth-order valence-electron chi connectivity index (χ4n) is 3.37. The molecule has 1 aliphatic heterocycles. The van der Waals surface area contributed by atoms with Gasteiger partial charge >= 0.3 is 0 Å². The quantitative estimate of drug-likeness (QED) is 0.379. The molecule has 0 radical (unpaired) electrons. The van der Waals surface area contributed by atoms with Crippen LogP contribution in [0.5, 0.6) is 5.75 Å². The van der Waals surface area contributed by atoms with Crippen molar-refractivity contribution in [2.75, 3.05) is 18.8 Å². The smallest absolute Gasteiger partial charge is 0.133 e. The number of benzene rings is 2. The summed E-state index contributed by atoms with van der Waals surface area (Å²) in [6.45, 7) is 7.59. The van der Waals surface area contributed by atoms with E-state index in [1.165, 1.54) is 0 Å². The zero-order valence-electron chi connectivity index (χ0n) is 16.6. The summed E-state index contributed by atoms with van der Waals surface area (Å²) in [6.07, 6.45) is 7.50. The summed E-state index contributed by atoms with van der Waals surface area (Å²) >= 11 is 0. The molecule has 0 saturated carbocycles. The number of nitrogens with one attached hydrogen (secondary N) is 2. The number of hydrogen-bond donors (Lipinski definition) is 3. The number of nitrogens with two attached hydrogens (primary N) is 1. The topological polar surface area (TPSA) is 88.2 Å². The summed E-state index contributed by atoms with van der Waals surface area (Å²) in [6, 6.07) is 10.8. The first kappa shape index (κ1) is 21.0. The molecule has 1 fully saturated rings. The molecule has 0 aromatic heterocycles. The van der Waals surface area contributed by atoms with Crippen LogP contribution in [0.25, 0.3) is 12.2 Å². The Labute approximate surface area is 174 Å². The van der Waals surface area contributed by atoms with E-state index in [-0.39, 0.29) is 11.1 Å². The van der Waals surface area contributed by atoms with Crippen LogP contribution in [-0.4, -0.2) is 28.4 Å². The highest BCUT2D eigenvalue weighted by molar-refractivity contribution is 8.01. The molecule has 0 bridgehead atoms. The Morgan fingerprint density at radius 3 is 2.76 bits per heavy atom. The van der Waals surface area contributed by atoms with E-state index in [0.717, 1.165) is 37.1 Å². The van der Waals surface area contributed by atoms with Crippen molar-refractivity contribution >= 4 is 33.7 Å². The first-order valence-electron chi connectivity index (χ1n) is 9.71. The van der Waals surface area contributed by atoms with Crippen molar-refractivity contribution in [3.05, 3.63) is 65.7 Å². The van der Waals surface area contributed by atoms with Crippen LogP contribution in [0.3, 0.4) is 0 Å². The van der Waals surface area contributed by atoms with Gasteiger partial charge in [-0.05, 0) is 68.2 Å². The van der Waals surface area contributed by atoms with Crippen molar-refractivity contribution < 1.29 is 8.95 Å². The molecule has 1 atom stereocenters. The molecule has 2 aromatic carbocycles. The predicted molar refractivity (Wildman–Crippen MR) is 122 cm³/mol. The minimum absolute atomic E-state index is 0.0368. The molecule has 1 saturated heterocycles. The number of hydrogen-bond acceptors (Lipinski definition) is 5. The van der Waals surface area contributed by atoms with Crippen LogP contribution in [0.15, 0.2) is 53.9 Å². The Morgan fingerprint density at radius 1 is 1.31 bits per heavy atom. The van der Waals surface area contributed by atoms with Crippen molar-refractivity contribution in [1.29, 1.82) is 5.41 Å². The lowest BCUT2D eigenvalue weighted by Crippen LogP contribution is -2.34. The van der Waals surface area contributed by atoms with Gasteiger partial charge in [-0.1, -0.05) is 36.9 Å². The molecule has 4 N–H and O–H groups in total. The minimum atomic E-state index is -1.69. The number of nitrogen functional groups attached to an aromatic ring is 1. The largest absolute Gasteiger partial charge is 0.490 e. The van der Waals surface area contributed by atoms with Crippen molar-refractivity contribution in [3.8, 4) is 5.75 Å². The van der Waals surface area contributed by atoms with E-state index in [1.54, 1.807) is 30.3 Å². The fraction of sp³-hybridized carbons (Fsp3) is 0.261. The number of rotatable bonds is 6. The molecular formula is C23H27N3O2S. The summed E-state index contributed by atoms with van der Waals surface area (Å²) in [5.41, 5.74) is 8.64. The maximum atomic E-state index is 13.3. The van der Waals surface area contributed by atoms with Gasteiger partial charge in [-0.2, -0.15) is 0 Å². The number of ether oxygens (including phenoxy) is 1. The third kappa shape index (κ3) is 4.83. The predicted octanol–water partition coefficient (Wildman–Crippen LogP) is 4.21.